The number of carbonyl (C=O) groups is 2. The van der Waals surface area contributed by atoms with Crippen LogP contribution in [0.1, 0.15) is 20.7 Å². The highest BCUT2D eigenvalue weighted by atomic mass is 35.5. The van der Waals surface area contributed by atoms with Gasteiger partial charge in [0.25, 0.3) is 0 Å². The smallest absolute Gasteiger partial charge is 0.345 e. The van der Waals surface area contributed by atoms with Crippen LogP contribution < -0.4 is 4.74 Å². The van der Waals surface area contributed by atoms with E-state index in [2.05, 4.69) is 0 Å². The third-order valence-electron chi connectivity index (χ3n) is 2.89. The quantitative estimate of drug-likeness (QED) is 0.460. The maximum absolute atomic E-state index is 12.1. The van der Waals surface area contributed by atoms with Gasteiger partial charge >= 0.3 is 11.9 Å². The summed E-state index contributed by atoms with van der Waals surface area (Å²) in [5.41, 5.74) is 0.535. The fourth-order valence-electron chi connectivity index (χ4n) is 1.78. The lowest BCUT2D eigenvalue weighted by Crippen LogP contribution is -2.11. The summed E-state index contributed by atoms with van der Waals surface area (Å²) < 4.78 is 15.1. The fourth-order valence-corrected chi connectivity index (χ4v) is 1.99. The highest BCUT2D eigenvalue weighted by molar-refractivity contribution is 6.33. The molecule has 0 aromatic heterocycles. The molecule has 6 heteroatoms. The fraction of sp³-hybridized carbons (Fsp3) is 0.176. The Bertz CT molecular complexity index is 699. The van der Waals surface area contributed by atoms with E-state index >= 15 is 0 Å². The first-order valence-corrected chi connectivity index (χ1v) is 7.22. The number of benzene rings is 2. The predicted molar refractivity (Wildman–Crippen MR) is 85.0 cm³/mol. The Labute approximate surface area is 138 Å². The third kappa shape index (κ3) is 4.81. The van der Waals surface area contributed by atoms with Gasteiger partial charge in [-0.1, -0.05) is 29.8 Å². The van der Waals surface area contributed by atoms with Crippen molar-refractivity contribution in [2.24, 2.45) is 0 Å². The van der Waals surface area contributed by atoms with Crippen LogP contribution in [-0.2, 0) is 9.47 Å². The first-order valence-electron chi connectivity index (χ1n) is 6.84. The lowest BCUT2D eigenvalue weighted by Gasteiger charge is -2.08. The molecule has 5 nitrogen and oxygen atoms in total. The van der Waals surface area contributed by atoms with E-state index in [9.17, 15) is 9.59 Å². The van der Waals surface area contributed by atoms with Crippen LogP contribution >= 0.6 is 11.6 Å². The molecule has 0 bridgehead atoms. The van der Waals surface area contributed by atoms with Crippen molar-refractivity contribution in [2.75, 3.05) is 20.3 Å². The maximum atomic E-state index is 12.1. The Hall–Kier alpha value is -2.37. The molecule has 2 aromatic rings. The molecular formula is C17H15ClO5. The summed E-state index contributed by atoms with van der Waals surface area (Å²) in [6.45, 7) is 0.464. The minimum absolute atomic E-state index is 0.152. The Kier molecular flexibility index (Phi) is 6.14. The second-order valence-electron chi connectivity index (χ2n) is 4.53. The standard InChI is InChI=1S/C17H15ClO5/c1-21-9-10-22-16(19)12-5-4-6-13(11-12)23-17(20)14-7-2-3-8-15(14)18/h2-8,11H,9-10H2,1H3. The average Bonchev–Trinajstić information content (AvgIpc) is 2.55. The molecule has 0 aliphatic rings. The van der Waals surface area contributed by atoms with Crippen LogP contribution in [0.3, 0.4) is 0 Å². The van der Waals surface area contributed by atoms with Gasteiger partial charge in [-0.25, -0.2) is 9.59 Å². The Morgan fingerprint density at radius 2 is 1.78 bits per heavy atom. The molecule has 0 spiro atoms. The molecule has 0 saturated heterocycles. The highest BCUT2D eigenvalue weighted by Gasteiger charge is 2.14. The van der Waals surface area contributed by atoms with Gasteiger partial charge in [0.1, 0.15) is 12.4 Å². The lowest BCUT2D eigenvalue weighted by molar-refractivity contribution is 0.0387. The van der Waals surface area contributed by atoms with Crippen molar-refractivity contribution in [1.82, 2.24) is 0 Å². The second-order valence-corrected chi connectivity index (χ2v) is 4.93. The Balaban J connectivity index is 2.07. The number of ether oxygens (including phenoxy) is 3. The van der Waals surface area contributed by atoms with E-state index in [0.29, 0.717) is 11.6 Å². The van der Waals surface area contributed by atoms with Gasteiger partial charge in [-0.3, -0.25) is 0 Å². The highest BCUT2D eigenvalue weighted by Crippen LogP contribution is 2.19. The summed E-state index contributed by atoms with van der Waals surface area (Å²) in [6.07, 6.45) is 0. The van der Waals surface area contributed by atoms with Crippen molar-refractivity contribution in [2.45, 2.75) is 0 Å². The van der Waals surface area contributed by atoms with E-state index < -0.39 is 11.9 Å². The van der Waals surface area contributed by atoms with E-state index in [-0.39, 0.29) is 23.5 Å². The number of hydrogen-bond donors (Lipinski definition) is 0. The lowest BCUT2D eigenvalue weighted by atomic mass is 10.2. The monoisotopic (exact) mass is 334 g/mol. The number of methoxy groups -OCH3 is 1. The van der Waals surface area contributed by atoms with Crippen molar-refractivity contribution >= 4 is 23.5 Å². The molecule has 0 heterocycles. The number of esters is 2. The third-order valence-corrected chi connectivity index (χ3v) is 3.22. The largest absolute Gasteiger partial charge is 0.460 e. The van der Waals surface area contributed by atoms with E-state index in [1.807, 2.05) is 0 Å². The first-order chi connectivity index (χ1) is 11.1. The molecule has 0 unspecified atom stereocenters. The molecule has 0 aliphatic heterocycles. The molecule has 0 amide bonds. The van der Waals surface area contributed by atoms with E-state index in [0.717, 1.165) is 0 Å². The Morgan fingerprint density at radius 3 is 2.52 bits per heavy atom. The zero-order valence-electron chi connectivity index (χ0n) is 12.5. The molecule has 2 rings (SSSR count). The average molecular weight is 335 g/mol. The molecule has 0 saturated carbocycles. The summed E-state index contributed by atoms with van der Waals surface area (Å²) >= 11 is 5.95. The molecule has 0 N–H and O–H groups in total. The predicted octanol–water partition coefficient (Wildman–Crippen LogP) is 3.36. The number of rotatable bonds is 6. The summed E-state index contributed by atoms with van der Waals surface area (Å²) in [4.78, 5) is 23.9. The van der Waals surface area contributed by atoms with Crippen LogP contribution in [0.25, 0.3) is 0 Å². The van der Waals surface area contributed by atoms with Crippen LogP contribution in [0.15, 0.2) is 48.5 Å². The normalized spacial score (nSPS) is 10.2. The van der Waals surface area contributed by atoms with Gasteiger partial charge in [-0.2, -0.15) is 0 Å². The van der Waals surface area contributed by atoms with E-state index in [4.69, 9.17) is 25.8 Å². The first kappa shape index (κ1) is 17.0. The van der Waals surface area contributed by atoms with Gasteiger partial charge in [0, 0.05) is 7.11 Å². The van der Waals surface area contributed by atoms with Crippen molar-refractivity contribution in [3.8, 4) is 5.75 Å². The molecule has 0 fully saturated rings. The summed E-state index contributed by atoms with van der Waals surface area (Å²) in [7, 11) is 1.52. The number of hydrogen-bond acceptors (Lipinski definition) is 5. The van der Waals surface area contributed by atoms with E-state index in [1.165, 1.54) is 13.2 Å². The molecule has 0 atom stereocenters. The molecule has 0 aliphatic carbocycles. The van der Waals surface area contributed by atoms with Crippen LogP contribution in [0.2, 0.25) is 5.02 Å². The van der Waals surface area contributed by atoms with Crippen molar-refractivity contribution in [3.63, 3.8) is 0 Å². The SMILES string of the molecule is COCCOC(=O)c1cccc(OC(=O)c2ccccc2Cl)c1. The molecule has 0 radical (unpaired) electrons. The van der Waals surface area contributed by atoms with Crippen LogP contribution in [-0.4, -0.2) is 32.3 Å². The molecule has 120 valence electrons. The maximum Gasteiger partial charge on any atom is 0.345 e. The Morgan fingerprint density at radius 1 is 1.00 bits per heavy atom. The van der Waals surface area contributed by atoms with Crippen molar-refractivity contribution in [3.05, 3.63) is 64.7 Å². The van der Waals surface area contributed by atoms with Gasteiger partial charge < -0.3 is 14.2 Å². The van der Waals surface area contributed by atoms with E-state index in [1.54, 1.807) is 42.5 Å². The zero-order chi connectivity index (χ0) is 16.7. The topological polar surface area (TPSA) is 61.8 Å². The zero-order valence-corrected chi connectivity index (χ0v) is 13.2. The molecular weight excluding hydrogens is 320 g/mol. The van der Waals surface area contributed by atoms with Gasteiger partial charge in [0.15, 0.2) is 0 Å². The van der Waals surface area contributed by atoms with Gasteiger partial charge in [-0.05, 0) is 30.3 Å². The van der Waals surface area contributed by atoms with Crippen molar-refractivity contribution in [1.29, 1.82) is 0 Å². The minimum atomic E-state index is -0.597. The minimum Gasteiger partial charge on any atom is -0.460 e. The van der Waals surface area contributed by atoms with Gasteiger partial charge in [0.05, 0.1) is 22.8 Å². The number of halogens is 1. The van der Waals surface area contributed by atoms with Crippen LogP contribution in [0.4, 0.5) is 0 Å². The second kappa shape index (κ2) is 8.31. The number of carbonyl (C=O) groups excluding carboxylic acids is 2. The van der Waals surface area contributed by atoms with Crippen molar-refractivity contribution < 1.29 is 23.8 Å². The van der Waals surface area contributed by atoms with Gasteiger partial charge in [0.2, 0.25) is 0 Å². The van der Waals surface area contributed by atoms with Crippen LogP contribution in [0, 0.1) is 0 Å². The molecule has 2 aromatic carbocycles. The molecule has 23 heavy (non-hydrogen) atoms. The van der Waals surface area contributed by atoms with Gasteiger partial charge in [-0.15, -0.1) is 0 Å². The summed E-state index contributed by atoms with van der Waals surface area (Å²) in [5, 5.41) is 0.299. The van der Waals surface area contributed by atoms with Crippen LogP contribution in [0.5, 0.6) is 5.75 Å². The summed E-state index contributed by atoms with van der Waals surface area (Å²) in [5.74, 6) is -0.880. The summed E-state index contributed by atoms with van der Waals surface area (Å²) in [6, 6.07) is 12.7.